The largest absolute Gasteiger partial charge is 0.376 e. The summed E-state index contributed by atoms with van der Waals surface area (Å²) in [5, 5.41) is 11.4. The summed E-state index contributed by atoms with van der Waals surface area (Å²) >= 11 is 0. The summed E-state index contributed by atoms with van der Waals surface area (Å²) in [6.07, 6.45) is 0.158. The number of carbonyl (C=O) groups is 1. The lowest BCUT2D eigenvalue weighted by atomic mass is 10.2. The molecule has 102 valence electrons. The minimum Gasteiger partial charge on any atom is -0.376 e. The smallest absolute Gasteiger partial charge is 0.250 e. The average Bonchev–Trinajstić information content (AvgIpc) is 2.38. The number of amides is 1. The standard InChI is InChI=1S/C14H18N2O3/c1-11(2)19-7-6-18-10-14(17)16-13-5-3-4-12(8-13)9-15/h3-5,8,11H,6-7,10H2,1-2H3,(H,16,17). The molecule has 19 heavy (non-hydrogen) atoms. The Labute approximate surface area is 113 Å². The van der Waals surface area contributed by atoms with Crippen molar-refractivity contribution in [1.29, 1.82) is 5.26 Å². The molecule has 0 aliphatic heterocycles. The fraction of sp³-hybridized carbons (Fsp3) is 0.429. The second-order valence-electron chi connectivity index (χ2n) is 4.21. The zero-order chi connectivity index (χ0) is 14.1. The molecule has 0 aliphatic rings. The molecule has 0 heterocycles. The molecule has 0 radical (unpaired) electrons. The molecule has 0 atom stereocenters. The first-order valence-corrected chi connectivity index (χ1v) is 6.11. The van der Waals surface area contributed by atoms with E-state index in [0.29, 0.717) is 24.5 Å². The van der Waals surface area contributed by atoms with Crippen LogP contribution in [-0.4, -0.2) is 31.8 Å². The highest BCUT2D eigenvalue weighted by Gasteiger charge is 2.03. The molecule has 0 fully saturated rings. The summed E-state index contributed by atoms with van der Waals surface area (Å²) in [5.74, 6) is -0.250. The van der Waals surface area contributed by atoms with Crippen molar-refractivity contribution in [3.63, 3.8) is 0 Å². The van der Waals surface area contributed by atoms with Crippen LogP contribution in [0.15, 0.2) is 24.3 Å². The third kappa shape index (κ3) is 6.55. The van der Waals surface area contributed by atoms with Gasteiger partial charge < -0.3 is 14.8 Å². The Hall–Kier alpha value is -1.90. The Balaban J connectivity index is 2.25. The van der Waals surface area contributed by atoms with Gasteiger partial charge in [0, 0.05) is 5.69 Å². The molecule has 0 aromatic heterocycles. The zero-order valence-corrected chi connectivity index (χ0v) is 11.2. The van der Waals surface area contributed by atoms with Crippen molar-refractivity contribution in [1.82, 2.24) is 0 Å². The van der Waals surface area contributed by atoms with Crippen LogP contribution in [0.4, 0.5) is 5.69 Å². The summed E-state index contributed by atoms with van der Waals surface area (Å²) in [6, 6.07) is 8.74. The number of benzene rings is 1. The molecule has 1 rings (SSSR count). The quantitative estimate of drug-likeness (QED) is 0.762. The van der Waals surface area contributed by atoms with Gasteiger partial charge in [0.15, 0.2) is 0 Å². The van der Waals surface area contributed by atoms with Gasteiger partial charge in [-0.2, -0.15) is 5.26 Å². The van der Waals surface area contributed by atoms with Crippen LogP contribution in [0.1, 0.15) is 19.4 Å². The summed E-state index contributed by atoms with van der Waals surface area (Å²) in [4.78, 5) is 11.5. The maximum absolute atomic E-state index is 11.5. The van der Waals surface area contributed by atoms with E-state index in [0.717, 1.165) is 0 Å². The molecule has 0 spiro atoms. The lowest BCUT2D eigenvalue weighted by molar-refractivity contribution is -0.121. The molecule has 0 saturated heterocycles. The van der Waals surface area contributed by atoms with E-state index >= 15 is 0 Å². The number of carbonyl (C=O) groups excluding carboxylic acids is 1. The van der Waals surface area contributed by atoms with Gasteiger partial charge in [-0.1, -0.05) is 6.07 Å². The van der Waals surface area contributed by atoms with Gasteiger partial charge in [0.05, 0.1) is 31.0 Å². The van der Waals surface area contributed by atoms with Gasteiger partial charge in [-0.15, -0.1) is 0 Å². The Bertz CT molecular complexity index is 452. The number of ether oxygens (including phenoxy) is 2. The summed E-state index contributed by atoms with van der Waals surface area (Å²) in [7, 11) is 0. The number of nitrogens with zero attached hydrogens (tertiary/aromatic N) is 1. The van der Waals surface area contributed by atoms with Crippen molar-refractivity contribution in [2.45, 2.75) is 20.0 Å². The van der Waals surface area contributed by atoms with Gasteiger partial charge in [-0.25, -0.2) is 0 Å². The molecular weight excluding hydrogens is 244 g/mol. The predicted molar refractivity (Wildman–Crippen MR) is 71.7 cm³/mol. The van der Waals surface area contributed by atoms with Crippen molar-refractivity contribution in [3.8, 4) is 6.07 Å². The topological polar surface area (TPSA) is 71.3 Å². The molecule has 0 bridgehead atoms. The first-order chi connectivity index (χ1) is 9.11. The molecular formula is C14H18N2O3. The van der Waals surface area contributed by atoms with E-state index in [-0.39, 0.29) is 18.6 Å². The molecule has 0 unspecified atom stereocenters. The first kappa shape index (κ1) is 15.2. The van der Waals surface area contributed by atoms with Gasteiger partial charge in [-0.05, 0) is 32.0 Å². The number of nitrogens with one attached hydrogen (secondary N) is 1. The van der Waals surface area contributed by atoms with Crippen LogP contribution in [0.3, 0.4) is 0 Å². The van der Waals surface area contributed by atoms with Crippen LogP contribution in [0.2, 0.25) is 0 Å². The Morgan fingerprint density at radius 2 is 2.21 bits per heavy atom. The number of rotatable bonds is 7. The summed E-state index contributed by atoms with van der Waals surface area (Å²) in [5.41, 5.74) is 1.09. The van der Waals surface area contributed by atoms with Crippen LogP contribution in [0.25, 0.3) is 0 Å². The van der Waals surface area contributed by atoms with Gasteiger partial charge in [-0.3, -0.25) is 4.79 Å². The van der Waals surface area contributed by atoms with Crippen LogP contribution in [0.5, 0.6) is 0 Å². The van der Waals surface area contributed by atoms with E-state index in [2.05, 4.69) is 5.32 Å². The van der Waals surface area contributed by atoms with Crippen molar-refractivity contribution in [2.75, 3.05) is 25.1 Å². The number of nitriles is 1. The van der Waals surface area contributed by atoms with E-state index < -0.39 is 0 Å². The molecule has 1 N–H and O–H groups in total. The average molecular weight is 262 g/mol. The van der Waals surface area contributed by atoms with Crippen molar-refractivity contribution >= 4 is 11.6 Å². The van der Waals surface area contributed by atoms with Crippen molar-refractivity contribution < 1.29 is 14.3 Å². The van der Waals surface area contributed by atoms with Gasteiger partial charge in [0.2, 0.25) is 5.91 Å². The molecule has 1 aromatic carbocycles. The number of hydrogen-bond acceptors (Lipinski definition) is 4. The lowest BCUT2D eigenvalue weighted by Gasteiger charge is -2.08. The summed E-state index contributed by atoms with van der Waals surface area (Å²) in [6.45, 7) is 4.70. The van der Waals surface area contributed by atoms with Gasteiger partial charge >= 0.3 is 0 Å². The van der Waals surface area contributed by atoms with E-state index in [1.54, 1.807) is 24.3 Å². The lowest BCUT2D eigenvalue weighted by Crippen LogP contribution is -2.20. The minimum atomic E-state index is -0.250. The maximum Gasteiger partial charge on any atom is 0.250 e. The SMILES string of the molecule is CC(C)OCCOCC(=O)Nc1cccc(C#N)c1. The molecule has 0 saturated carbocycles. The fourth-order valence-electron chi connectivity index (χ4n) is 1.37. The normalized spacial score (nSPS) is 10.2. The van der Waals surface area contributed by atoms with Crippen molar-refractivity contribution in [2.24, 2.45) is 0 Å². The minimum absolute atomic E-state index is 0.0295. The van der Waals surface area contributed by atoms with E-state index in [4.69, 9.17) is 14.7 Å². The predicted octanol–water partition coefficient (Wildman–Crippen LogP) is 1.94. The molecule has 0 aliphatic carbocycles. The molecule has 5 nitrogen and oxygen atoms in total. The monoisotopic (exact) mass is 262 g/mol. The molecule has 1 aromatic rings. The highest BCUT2D eigenvalue weighted by molar-refractivity contribution is 5.91. The van der Waals surface area contributed by atoms with Gasteiger partial charge in [0.25, 0.3) is 0 Å². The van der Waals surface area contributed by atoms with Crippen LogP contribution in [0, 0.1) is 11.3 Å². The van der Waals surface area contributed by atoms with E-state index in [1.807, 2.05) is 19.9 Å². The fourth-order valence-corrected chi connectivity index (χ4v) is 1.37. The highest BCUT2D eigenvalue weighted by atomic mass is 16.5. The highest BCUT2D eigenvalue weighted by Crippen LogP contribution is 2.09. The van der Waals surface area contributed by atoms with Gasteiger partial charge in [0.1, 0.15) is 6.61 Å². The van der Waals surface area contributed by atoms with Crippen LogP contribution >= 0.6 is 0 Å². The number of hydrogen-bond donors (Lipinski definition) is 1. The van der Waals surface area contributed by atoms with E-state index in [9.17, 15) is 4.79 Å². The first-order valence-electron chi connectivity index (χ1n) is 6.11. The summed E-state index contributed by atoms with van der Waals surface area (Å²) < 4.78 is 10.5. The van der Waals surface area contributed by atoms with E-state index in [1.165, 1.54) is 0 Å². The Kier molecular flexibility index (Phi) is 6.58. The molecule has 1 amide bonds. The van der Waals surface area contributed by atoms with Crippen LogP contribution in [-0.2, 0) is 14.3 Å². The Morgan fingerprint density at radius 3 is 2.89 bits per heavy atom. The molecule has 5 heteroatoms. The zero-order valence-electron chi connectivity index (χ0n) is 11.2. The number of anilines is 1. The Morgan fingerprint density at radius 1 is 1.42 bits per heavy atom. The third-order valence-electron chi connectivity index (χ3n) is 2.19. The third-order valence-corrected chi connectivity index (χ3v) is 2.19. The second kappa shape index (κ2) is 8.25. The maximum atomic E-state index is 11.5. The second-order valence-corrected chi connectivity index (χ2v) is 4.21. The van der Waals surface area contributed by atoms with Crippen molar-refractivity contribution in [3.05, 3.63) is 29.8 Å². The van der Waals surface area contributed by atoms with Crippen LogP contribution < -0.4 is 5.32 Å².